The van der Waals surface area contributed by atoms with E-state index in [1.165, 1.54) is 16.4 Å². The number of likely N-dealkylation sites (tertiary alicyclic amines) is 1. The lowest BCUT2D eigenvalue weighted by molar-refractivity contribution is -0.274. The van der Waals surface area contributed by atoms with E-state index in [-0.39, 0.29) is 50.2 Å². The van der Waals surface area contributed by atoms with Crippen LogP contribution in [0.2, 0.25) is 0 Å². The first-order valence-electron chi connectivity index (χ1n) is 11.2. The van der Waals surface area contributed by atoms with Gasteiger partial charge in [-0.2, -0.15) is 0 Å². The maximum atomic E-state index is 13.6. The van der Waals surface area contributed by atoms with Crippen LogP contribution in [0.1, 0.15) is 38.5 Å². The smallest absolute Gasteiger partial charge is 0.490 e. The molecular weight excluding hydrogens is 515 g/mol. The first-order chi connectivity index (χ1) is 16.0. The third-order valence-corrected chi connectivity index (χ3v) is 9.41. The second-order valence-corrected chi connectivity index (χ2v) is 11.2. The van der Waals surface area contributed by atoms with Crippen molar-refractivity contribution in [3.8, 4) is 11.5 Å². The highest BCUT2D eigenvalue weighted by Crippen LogP contribution is 2.38. The third kappa shape index (κ3) is 6.13. The average molecular weight is 544 g/mol. The zero-order valence-electron chi connectivity index (χ0n) is 18.9. The quantitative estimate of drug-likeness (QED) is 0.402. The zero-order chi connectivity index (χ0) is 24.6. The summed E-state index contributed by atoms with van der Waals surface area (Å²) >= 11 is 0. The second-order valence-electron chi connectivity index (χ2n) is 8.94. The van der Waals surface area contributed by atoms with E-state index in [0.717, 1.165) is 25.0 Å². The van der Waals surface area contributed by atoms with E-state index >= 15 is 0 Å². The van der Waals surface area contributed by atoms with Crippen molar-refractivity contribution in [3.05, 3.63) is 24.3 Å². The summed E-state index contributed by atoms with van der Waals surface area (Å²) in [6.07, 6.45) is -2.02. The molecule has 1 amide bonds. The summed E-state index contributed by atoms with van der Waals surface area (Å²) in [7, 11) is -4.05. The Morgan fingerprint density at radius 3 is 2.03 bits per heavy atom. The summed E-state index contributed by atoms with van der Waals surface area (Å²) in [5.41, 5.74) is 1.57. The Morgan fingerprint density at radius 1 is 1.00 bits per heavy atom. The average Bonchev–Trinajstić information content (AvgIpc) is 3.65. The molecule has 3 fully saturated rings. The molecule has 1 saturated carbocycles. The Balaban J connectivity index is 0.00000342. The van der Waals surface area contributed by atoms with Gasteiger partial charge in [-0.05, 0) is 62.8 Å². The van der Waals surface area contributed by atoms with Crippen molar-refractivity contribution in [2.45, 2.75) is 61.8 Å². The topological polar surface area (TPSA) is 108 Å². The van der Waals surface area contributed by atoms with Gasteiger partial charge in [0.25, 0.3) is 5.91 Å². The maximum Gasteiger partial charge on any atom is 0.573 e. The minimum Gasteiger partial charge on any atom is -0.490 e. The van der Waals surface area contributed by atoms with Crippen LogP contribution in [0.3, 0.4) is 0 Å². The summed E-state index contributed by atoms with van der Waals surface area (Å²) in [6.45, 7) is 1.22. The number of rotatable bonds is 7. The molecule has 9 nitrogen and oxygen atoms in total. The molecule has 2 heterocycles. The normalized spacial score (nSPS) is 22.2. The second kappa shape index (κ2) is 10.7. The summed E-state index contributed by atoms with van der Waals surface area (Å²) in [6, 6.07) is 5.47. The maximum absolute atomic E-state index is 13.6. The zero-order valence-corrected chi connectivity index (χ0v) is 20.5. The van der Waals surface area contributed by atoms with E-state index in [0.29, 0.717) is 37.7 Å². The fourth-order valence-corrected chi connectivity index (χ4v) is 6.91. The number of nitrogens with one attached hydrogen (secondary N) is 1. The number of benzene rings is 1. The van der Waals surface area contributed by atoms with E-state index in [9.17, 15) is 31.6 Å². The molecule has 3 aliphatic rings. The van der Waals surface area contributed by atoms with E-state index in [1.54, 1.807) is 5.48 Å². The van der Waals surface area contributed by atoms with E-state index in [1.807, 2.05) is 0 Å². The number of carbonyl (C=O) groups is 1. The summed E-state index contributed by atoms with van der Waals surface area (Å²) in [4.78, 5) is 14.8. The number of halogens is 4. The summed E-state index contributed by atoms with van der Waals surface area (Å²) in [5.74, 6) is -0.914. The number of sulfonamides is 1. The van der Waals surface area contributed by atoms with Crippen molar-refractivity contribution in [1.82, 2.24) is 14.7 Å². The molecule has 0 radical (unpaired) electrons. The monoisotopic (exact) mass is 543 g/mol. The molecule has 14 heteroatoms. The molecule has 1 aromatic rings. The van der Waals surface area contributed by atoms with Gasteiger partial charge in [-0.15, -0.1) is 25.6 Å². The van der Waals surface area contributed by atoms with E-state index < -0.39 is 27.0 Å². The molecule has 4 rings (SSSR count). The highest BCUT2D eigenvalue weighted by Gasteiger charge is 2.56. The van der Waals surface area contributed by atoms with Gasteiger partial charge in [0, 0.05) is 32.2 Å². The van der Waals surface area contributed by atoms with Gasteiger partial charge in [0.1, 0.15) is 17.6 Å². The van der Waals surface area contributed by atoms with Gasteiger partial charge in [-0.1, -0.05) is 0 Å². The van der Waals surface area contributed by atoms with Crippen LogP contribution in [0, 0.1) is 0 Å². The van der Waals surface area contributed by atoms with Crippen LogP contribution >= 0.6 is 12.4 Å². The van der Waals surface area contributed by atoms with Gasteiger partial charge in [-0.25, -0.2) is 18.2 Å². The van der Waals surface area contributed by atoms with Crippen molar-refractivity contribution in [2.24, 2.45) is 0 Å². The summed E-state index contributed by atoms with van der Waals surface area (Å²) < 4.78 is 73.2. The first kappa shape index (κ1) is 27.8. The molecule has 0 unspecified atom stereocenters. The van der Waals surface area contributed by atoms with Crippen molar-refractivity contribution in [1.29, 1.82) is 0 Å². The fraction of sp³-hybridized carbons (Fsp3) is 0.667. The van der Waals surface area contributed by atoms with Gasteiger partial charge in [-0.3, -0.25) is 10.0 Å². The Bertz CT molecular complexity index is 975. The Labute approximate surface area is 208 Å². The number of nitrogens with zero attached hydrogens (tertiary/aromatic N) is 2. The van der Waals surface area contributed by atoms with Crippen LogP contribution < -0.4 is 15.0 Å². The number of carbonyl (C=O) groups excluding carboxylic acids is 1. The molecule has 2 N–H and O–H groups in total. The van der Waals surface area contributed by atoms with Gasteiger partial charge in [0.2, 0.25) is 10.0 Å². The largest absolute Gasteiger partial charge is 0.573 e. The Hall–Kier alpha value is -1.80. The number of ether oxygens (including phenoxy) is 2. The number of piperidine rings is 2. The minimum atomic E-state index is -4.78. The molecule has 35 heavy (non-hydrogen) atoms. The number of hydrogen-bond donors (Lipinski definition) is 2. The standard InChI is InChI=1S/C21H28F3N3O6S.ClH/c22-21(23,24)33-18-5-3-16(4-6-18)32-17-7-11-27(12-8-17)34(30,31)20(19(28)25-29)9-13-26(14-10-20)15-1-2-15;/h3-6,15,17,29H,1-2,7-14H2,(H,25,28);1H. The molecule has 1 aliphatic carbocycles. The minimum absolute atomic E-state index is 0. The molecule has 0 atom stereocenters. The van der Waals surface area contributed by atoms with Gasteiger partial charge >= 0.3 is 6.36 Å². The summed E-state index contributed by atoms with van der Waals surface area (Å²) in [5, 5.41) is 9.30. The third-order valence-electron chi connectivity index (χ3n) is 6.78. The van der Waals surface area contributed by atoms with Gasteiger partial charge < -0.3 is 14.4 Å². The van der Waals surface area contributed by atoms with Crippen LogP contribution in [0.5, 0.6) is 11.5 Å². The Kier molecular flexibility index (Phi) is 8.47. The Morgan fingerprint density at radius 2 is 1.54 bits per heavy atom. The van der Waals surface area contributed by atoms with Gasteiger partial charge in [0.05, 0.1) is 0 Å². The molecule has 2 aliphatic heterocycles. The lowest BCUT2D eigenvalue weighted by Crippen LogP contribution is -2.62. The van der Waals surface area contributed by atoms with Crippen LogP contribution in [-0.4, -0.2) is 78.2 Å². The number of amides is 1. The molecule has 198 valence electrons. The number of alkyl halides is 3. The number of hydrogen-bond acceptors (Lipinski definition) is 7. The van der Waals surface area contributed by atoms with Crippen LogP contribution in [0.25, 0.3) is 0 Å². The van der Waals surface area contributed by atoms with E-state index in [4.69, 9.17) is 4.74 Å². The molecule has 1 aromatic carbocycles. The highest BCUT2D eigenvalue weighted by molar-refractivity contribution is 7.91. The van der Waals surface area contributed by atoms with E-state index in [2.05, 4.69) is 9.64 Å². The molecule has 0 aromatic heterocycles. The highest BCUT2D eigenvalue weighted by atomic mass is 35.5. The lowest BCUT2D eigenvalue weighted by Gasteiger charge is -2.43. The van der Waals surface area contributed by atoms with Crippen LogP contribution in [0.15, 0.2) is 24.3 Å². The molecule has 0 spiro atoms. The van der Waals surface area contributed by atoms with Crippen molar-refractivity contribution >= 4 is 28.3 Å². The van der Waals surface area contributed by atoms with Crippen LogP contribution in [-0.2, 0) is 14.8 Å². The first-order valence-corrected chi connectivity index (χ1v) is 12.7. The van der Waals surface area contributed by atoms with Crippen LogP contribution in [0.4, 0.5) is 13.2 Å². The van der Waals surface area contributed by atoms with Gasteiger partial charge in [0.15, 0.2) is 4.75 Å². The molecule has 0 bridgehead atoms. The lowest BCUT2D eigenvalue weighted by atomic mass is 9.95. The number of hydroxylamine groups is 1. The fourth-order valence-electron chi connectivity index (χ4n) is 4.74. The molecular formula is C21H29ClF3N3O6S. The van der Waals surface area contributed by atoms with Crippen molar-refractivity contribution in [3.63, 3.8) is 0 Å². The molecule has 2 saturated heterocycles. The predicted octanol–water partition coefficient (Wildman–Crippen LogP) is 2.68. The SMILES string of the molecule is Cl.O=C(NO)C1(S(=O)(=O)N2CCC(Oc3ccc(OC(F)(F)F)cc3)CC2)CCN(C2CC2)CC1. The predicted molar refractivity (Wildman–Crippen MR) is 121 cm³/mol. The van der Waals surface area contributed by atoms with Crippen molar-refractivity contribution in [2.75, 3.05) is 26.2 Å². The van der Waals surface area contributed by atoms with Crippen molar-refractivity contribution < 1.29 is 41.1 Å².